The van der Waals surface area contributed by atoms with Gasteiger partial charge in [0.1, 0.15) is 12.4 Å². The molecule has 0 amide bonds. The van der Waals surface area contributed by atoms with Crippen LogP contribution in [0, 0.1) is 0 Å². The normalized spacial score (nSPS) is 16.7. The van der Waals surface area contributed by atoms with Gasteiger partial charge in [-0.05, 0) is 35.3 Å². The molecule has 144 valence electrons. The third-order valence-corrected chi connectivity index (χ3v) is 5.56. The highest BCUT2D eigenvalue weighted by Crippen LogP contribution is 2.20. The lowest BCUT2D eigenvalue weighted by atomic mass is 10.1. The van der Waals surface area contributed by atoms with Gasteiger partial charge in [-0.25, -0.2) is 14.7 Å². The van der Waals surface area contributed by atoms with Gasteiger partial charge in [0.25, 0.3) is 0 Å². The number of fused-ring (bicyclic) bond motifs is 1. The van der Waals surface area contributed by atoms with Crippen LogP contribution in [-0.4, -0.2) is 40.4 Å². The number of nitrogens with zero attached hydrogens (tertiary/aromatic N) is 4. The Morgan fingerprint density at radius 2 is 2.38 bits per heavy atom. The van der Waals surface area contributed by atoms with Crippen LogP contribution < -0.4 is 10.6 Å². The van der Waals surface area contributed by atoms with Crippen LogP contribution in [0.1, 0.15) is 29.9 Å². The lowest BCUT2D eigenvalue weighted by Gasteiger charge is -2.25. The summed E-state index contributed by atoms with van der Waals surface area (Å²) < 4.78 is 8.21. The molecule has 3 rings (SSSR count). The Kier molecular flexibility index (Phi) is 8.77. The molecule has 0 spiro atoms. The molecule has 2 aromatic rings. The Morgan fingerprint density at radius 3 is 3.08 bits per heavy atom. The van der Waals surface area contributed by atoms with Crippen molar-refractivity contribution in [1.82, 2.24) is 25.4 Å². The molecule has 0 saturated carbocycles. The summed E-state index contributed by atoms with van der Waals surface area (Å²) in [6, 6.07) is 2.40. The topological polar surface area (TPSA) is 76.4 Å². The fraction of sp³-hybridized carbons (Fsp3) is 0.562. The third kappa shape index (κ3) is 5.89. The first kappa shape index (κ1) is 21.6. The lowest BCUT2D eigenvalue weighted by Crippen LogP contribution is -2.47. The minimum absolute atomic E-state index is 0. The molecule has 26 heavy (non-hydrogen) atoms. The van der Waals surface area contributed by atoms with Crippen LogP contribution >= 0.6 is 51.2 Å². The van der Waals surface area contributed by atoms with Crippen LogP contribution in [-0.2, 0) is 30.9 Å². The summed E-state index contributed by atoms with van der Waals surface area (Å²) in [5.74, 6) is 2.63. The molecule has 0 aromatic carbocycles. The van der Waals surface area contributed by atoms with Gasteiger partial charge in [-0.1, -0.05) is 0 Å². The highest BCUT2D eigenvalue weighted by Gasteiger charge is 2.22. The minimum Gasteiger partial charge on any atom is -0.377 e. The molecule has 0 bridgehead atoms. The van der Waals surface area contributed by atoms with E-state index in [0.29, 0.717) is 13.2 Å². The van der Waals surface area contributed by atoms with Gasteiger partial charge in [0, 0.05) is 40.8 Å². The van der Waals surface area contributed by atoms with Crippen molar-refractivity contribution in [2.24, 2.45) is 4.99 Å². The molecule has 0 fully saturated rings. The lowest BCUT2D eigenvalue weighted by molar-refractivity contribution is 0.177. The summed E-state index contributed by atoms with van der Waals surface area (Å²) >= 11 is 5.19. The quantitative estimate of drug-likeness (QED) is 0.326. The Morgan fingerprint density at radius 1 is 1.54 bits per heavy atom. The summed E-state index contributed by atoms with van der Waals surface area (Å²) in [5, 5.41) is 13.4. The van der Waals surface area contributed by atoms with Crippen molar-refractivity contribution in [3.63, 3.8) is 0 Å². The number of hydrogen-bond acceptors (Lipinski definition) is 5. The largest absolute Gasteiger partial charge is 0.377 e. The second-order valence-corrected chi connectivity index (χ2v) is 7.78. The van der Waals surface area contributed by atoms with Crippen molar-refractivity contribution in [2.45, 2.75) is 45.5 Å². The summed E-state index contributed by atoms with van der Waals surface area (Å²) in [4.78, 5) is 10.5. The minimum atomic E-state index is 0. The molecule has 2 N–H and O–H groups in total. The maximum Gasteiger partial charge on any atom is 0.191 e. The van der Waals surface area contributed by atoms with E-state index in [4.69, 9.17) is 9.73 Å². The van der Waals surface area contributed by atoms with E-state index in [9.17, 15) is 0 Å². The molecule has 0 saturated heterocycles. The number of halogens is 2. The SMILES string of the molecule is CCNC(=NCc1cc(Br)cs1)NC1CCc2nc(COC)nn2C1.I. The number of hydrogen-bond donors (Lipinski definition) is 2. The summed E-state index contributed by atoms with van der Waals surface area (Å²) in [7, 11) is 1.66. The number of methoxy groups -OCH3 is 1. The van der Waals surface area contributed by atoms with Gasteiger partial charge in [0.05, 0.1) is 13.1 Å². The fourth-order valence-electron chi connectivity index (χ4n) is 2.78. The monoisotopic (exact) mass is 554 g/mol. The van der Waals surface area contributed by atoms with Crippen LogP contribution in [0.25, 0.3) is 0 Å². The molecule has 0 aliphatic carbocycles. The standard InChI is InChI=1S/C16H23BrN6OS.HI/c1-3-18-16(19-7-13-6-11(17)10-25-13)20-12-4-5-15-21-14(9-24-2)22-23(15)8-12;/h6,10,12H,3-5,7-9H2,1-2H3,(H2,18,19,20);1H. The maximum absolute atomic E-state index is 5.12. The summed E-state index contributed by atoms with van der Waals surface area (Å²) in [6.45, 7) is 4.83. The van der Waals surface area contributed by atoms with E-state index in [1.165, 1.54) is 4.88 Å². The van der Waals surface area contributed by atoms with Crippen LogP contribution in [0.3, 0.4) is 0 Å². The smallest absolute Gasteiger partial charge is 0.191 e. The molecule has 1 atom stereocenters. The number of thiophene rings is 1. The average molecular weight is 555 g/mol. The zero-order valence-corrected chi connectivity index (χ0v) is 19.6. The van der Waals surface area contributed by atoms with Gasteiger partial charge in [0.2, 0.25) is 0 Å². The van der Waals surface area contributed by atoms with Gasteiger partial charge in [0.15, 0.2) is 11.8 Å². The molecule has 1 aliphatic rings. The molecule has 1 aliphatic heterocycles. The first-order valence-electron chi connectivity index (χ1n) is 8.37. The van der Waals surface area contributed by atoms with Gasteiger partial charge in [-0.2, -0.15) is 5.10 Å². The number of guanidine groups is 1. The van der Waals surface area contributed by atoms with Gasteiger partial charge in [-0.3, -0.25) is 0 Å². The highest BCUT2D eigenvalue weighted by atomic mass is 127. The van der Waals surface area contributed by atoms with Gasteiger partial charge in [-0.15, -0.1) is 35.3 Å². The maximum atomic E-state index is 5.12. The predicted octanol–water partition coefficient (Wildman–Crippen LogP) is 2.94. The van der Waals surface area contributed by atoms with E-state index in [1.54, 1.807) is 18.4 Å². The van der Waals surface area contributed by atoms with E-state index in [-0.39, 0.29) is 30.0 Å². The van der Waals surface area contributed by atoms with E-state index in [2.05, 4.69) is 55.0 Å². The highest BCUT2D eigenvalue weighted by molar-refractivity contribution is 14.0. The molecule has 3 heterocycles. The van der Waals surface area contributed by atoms with Crippen molar-refractivity contribution < 1.29 is 4.74 Å². The van der Waals surface area contributed by atoms with Crippen molar-refractivity contribution in [3.8, 4) is 0 Å². The number of aromatic nitrogens is 3. The zero-order valence-electron chi connectivity index (χ0n) is 14.9. The first-order chi connectivity index (χ1) is 12.2. The fourth-order valence-corrected chi connectivity index (χ4v) is 4.15. The molecular formula is C16H24BrIN6OS. The van der Waals surface area contributed by atoms with Crippen molar-refractivity contribution in [3.05, 3.63) is 32.4 Å². The van der Waals surface area contributed by atoms with E-state index < -0.39 is 0 Å². The Labute approximate surface area is 183 Å². The van der Waals surface area contributed by atoms with Gasteiger partial charge < -0.3 is 15.4 Å². The van der Waals surface area contributed by atoms with Crippen LogP contribution in [0.4, 0.5) is 0 Å². The molecule has 0 radical (unpaired) electrons. The summed E-state index contributed by atoms with van der Waals surface area (Å²) in [6.07, 6.45) is 1.92. The number of aliphatic imine (C=N–C) groups is 1. The third-order valence-electron chi connectivity index (χ3n) is 3.88. The Hall–Kier alpha value is -0.720. The van der Waals surface area contributed by atoms with E-state index in [0.717, 1.165) is 48.0 Å². The number of ether oxygens (including phenoxy) is 1. The first-order valence-corrected chi connectivity index (χ1v) is 10.0. The Bertz CT molecular complexity index is 734. The molecule has 7 nitrogen and oxygen atoms in total. The van der Waals surface area contributed by atoms with Crippen LogP contribution in [0.5, 0.6) is 0 Å². The number of rotatable bonds is 6. The molecule has 2 aromatic heterocycles. The molecule has 10 heteroatoms. The average Bonchev–Trinajstić information content (AvgIpc) is 3.18. The number of nitrogens with one attached hydrogen (secondary N) is 2. The summed E-state index contributed by atoms with van der Waals surface area (Å²) in [5.41, 5.74) is 0. The molecular weight excluding hydrogens is 531 g/mol. The Balaban J connectivity index is 0.00000243. The molecule has 1 unspecified atom stereocenters. The van der Waals surface area contributed by atoms with Gasteiger partial charge >= 0.3 is 0 Å². The second kappa shape index (κ2) is 10.6. The predicted molar refractivity (Wildman–Crippen MR) is 118 cm³/mol. The van der Waals surface area contributed by atoms with E-state index >= 15 is 0 Å². The second-order valence-electron chi connectivity index (χ2n) is 5.87. The van der Waals surface area contributed by atoms with Crippen molar-refractivity contribution in [2.75, 3.05) is 13.7 Å². The zero-order chi connectivity index (χ0) is 17.6. The van der Waals surface area contributed by atoms with Crippen LogP contribution in [0.15, 0.2) is 20.9 Å². The van der Waals surface area contributed by atoms with Crippen LogP contribution in [0.2, 0.25) is 0 Å². The van der Waals surface area contributed by atoms with Crippen molar-refractivity contribution in [1.29, 1.82) is 0 Å². The number of aryl methyl sites for hydroxylation is 1. The van der Waals surface area contributed by atoms with E-state index in [1.807, 2.05) is 4.68 Å². The van der Waals surface area contributed by atoms with Crippen molar-refractivity contribution >= 4 is 57.2 Å².